The van der Waals surface area contributed by atoms with Crippen molar-refractivity contribution in [3.63, 3.8) is 0 Å². The maximum atomic E-state index is 12.2. The molecular weight excluding hydrogens is 536 g/mol. The summed E-state index contributed by atoms with van der Waals surface area (Å²) in [5, 5.41) is 8.75. The Morgan fingerprint density at radius 1 is 0.700 bits per heavy atom. The van der Waals surface area contributed by atoms with Gasteiger partial charge in [0.05, 0.1) is 16.7 Å². The fourth-order valence-corrected chi connectivity index (χ4v) is 3.29. The summed E-state index contributed by atoms with van der Waals surface area (Å²) in [7, 11) is 0. The first kappa shape index (κ1) is 31.8. The second-order valence-electron chi connectivity index (χ2n) is 8.23. The second-order valence-corrected chi connectivity index (χ2v) is 8.23. The zero-order valence-electron chi connectivity index (χ0n) is 20.9. The van der Waals surface area contributed by atoms with Crippen LogP contribution in [-0.2, 0) is 18.8 Å². The summed E-state index contributed by atoms with van der Waals surface area (Å²) in [6.45, 7) is 0.740. The Kier molecular flexibility index (Phi) is 11.6. The normalized spacial score (nSPS) is 10.9. The van der Waals surface area contributed by atoms with Crippen LogP contribution in [-0.4, -0.2) is 23.9 Å². The molecule has 4 aromatic rings. The van der Waals surface area contributed by atoms with E-state index in [4.69, 9.17) is 10.8 Å². The molecule has 3 N–H and O–H groups in total. The van der Waals surface area contributed by atoms with Gasteiger partial charge in [-0.15, -0.1) is 0 Å². The number of nitrogens with two attached hydrogens (primary N) is 1. The minimum absolute atomic E-state index is 0.0347. The zero-order valence-corrected chi connectivity index (χ0v) is 20.9. The first-order chi connectivity index (χ1) is 18.8. The molecule has 0 unspecified atom stereocenters. The van der Waals surface area contributed by atoms with Crippen LogP contribution in [0.1, 0.15) is 37.4 Å². The molecule has 0 spiro atoms. The quantitative estimate of drug-likeness (QED) is 0.193. The highest BCUT2D eigenvalue weighted by molar-refractivity contribution is 5.88. The van der Waals surface area contributed by atoms with Crippen molar-refractivity contribution in [1.29, 1.82) is 0 Å². The molecule has 0 saturated carbocycles. The Labute approximate surface area is 226 Å². The van der Waals surface area contributed by atoms with E-state index in [-0.39, 0.29) is 12.4 Å². The monoisotopic (exact) mass is 561 g/mol. The molecule has 0 aliphatic carbocycles. The number of carbonyl (C=O) groups excluding carboxylic acids is 1. The van der Waals surface area contributed by atoms with E-state index in [1.165, 1.54) is 5.56 Å². The van der Waals surface area contributed by atoms with Crippen LogP contribution >= 0.6 is 0 Å². The predicted octanol–water partition coefficient (Wildman–Crippen LogP) is 7.78. The van der Waals surface area contributed by atoms with Crippen LogP contribution < -0.4 is 5.73 Å². The Morgan fingerprint density at radius 3 is 1.55 bits per heavy atom. The molecule has 0 aromatic heterocycles. The molecule has 0 bridgehead atoms. The van der Waals surface area contributed by atoms with Gasteiger partial charge in [0.2, 0.25) is 0 Å². The van der Waals surface area contributed by atoms with E-state index >= 15 is 0 Å². The highest BCUT2D eigenvalue weighted by atomic mass is 19.4. The van der Waals surface area contributed by atoms with Crippen molar-refractivity contribution in [2.75, 3.05) is 6.54 Å². The van der Waals surface area contributed by atoms with Crippen molar-refractivity contribution >= 4 is 12.3 Å². The third kappa shape index (κ3) is 10.4. The SMILES string of the molecule is NCCc1ccccc1.O=C(O)c1ccc(-c2ccccc2)cc1.O=Cc1cc(C(F)(F)F)cc(C(F)(F)F)c1. The fourth-order valence-electron chi connectivity index (χ4n) is 3.29. The summed E-state index contributed by atoms with van der Waals surface area (Å²) in [6, 6.07) is 27.7. The summed E-state index contributed by atoms with van der Waals surface area (Å²) < 4.78 is 73.1. The molecule has 210 valence electrons. The van der Waals surface area contributed by atoms with Crippen LogP contribution in [0.3, 0.4) is 0 Å². The van der Waals surface area contributed by atoms with Gasteiger partial charge in [0.25, 0.3) is 0 Å². The van der Waals surface area contributed by atoms with E-state index < -0.39 is 35.0 Å². The van der Waals surface area contributed by atoms with E-state index in [0.29, 0.717) is 17.7 Å². The lowest BCUT2D eigenvalue weighted by Crippen LogP contribution is -2.11. The van der Waals surface area contributed by atoms with Crippen molar-refractivity contribution in [2.45, 2.75) is 18.8 Å². The van der Waals surface area contributed by atoms with Crippen molar-refractivity contribution < 1.29 is 41.0 Å². The number of carboxylic acid groups (broad SMARTS) is 1. The van der Waals surface area contributed by atoms with Crippen molar-refractivity contribution in [3.8, 4) is 11.1 Å². The van der Waals surface area contributed by atoms with E-state index in [9.17, 15) is 35.9 Å². The molecule has 0 aliphatic heterocycles. The first-order valence-electron chi connectivity index (χ1n) is 11.7. The molecule has 0 atom stereocenters. The maximum absolute atomic E-state index is 12.2. The number of aromatic carboxylic acids is 1. The fraction of sp³-hybridized carbons (Fsp3) is 0.133. The smallest absolute Gasteiger partial charge is 0.416 e. The molecule has 0 heterocycles. The number of carbonyl (C=O) groups is 2. The van der Waals surface area contributed by atoms with Crippen molar-refractivity contribution in [2.24, 2.45) is 5.73 Å². The topological polar surface area (TPSA) is 80.4 Å². The minimum atomic E-state index is -4.92. The van der Waals surface area contributed by atoms with Gasteiger partial charge in [0.1, 0.15) is 6.29 Å². The molecule has 10 heteroatoms. The lowest BCUT2D eigenvalue weighted by Gasteiger charge is -2.12. The molecule has 4 rings (SSSR count). The number of rotatable bonds is 5. The third-order valence-electron chi connectivity index (χ3n) is 5.26. The first-order valence-corrected chi connectivity index (χ1v) is 11.7. The van der Waals surface area contributed by atoms with Gasteiger partial charge >= 0.3 is 18.3 Å². The summed E-state index contributed by atoms with van der Waals surface area (Å²) in [5.74, 6) is -0.894. The molecule has 0 saturated heterocycles. The number of alkyl halides is 6. The van der Waals surface area contributed by atoms with Gasteiger partial charge in [0.15, 0.2) is 0 Å². The van der Waals surface area contributed by atoms with Gasteiger partial charge in [-0.1, -0.05) is 72.8 Å². The van der Waals surface area contributed by atoms with Crippen LogP contribution in [0.4, 0.5) is 26.3 Å². The van der Waals surface area contributed by atoms with Gasteiger partial charge in [-0.05, 0) is 60.0 Å². The van der Waals surface area contributed by atoms with E-state index in [0.717, 1.165) is 24.1 Å². The lowest BCUT2D eigenvalue weighted by atomic mass is 10.0. The molecular formula is C30H25F6NO3. The number of hydrogen-bond acceptors (Lipinski definition) is 3. The minimum Gasteiger partial charge on any atom is -0.478 e. The van der Waals surface area contributed by atoms with E-state index in [1.54, 1.807) is 12.1 Å². The van der Waals surface area contributed by atoms with Crippen LogP contribution in [0, 0.1) is 0 Å². The van der Waals surface area contributed by atoms with Gasteiger partial charge < -0.3 is 10.8 Å². The molecule has 4 nitrogen and oxygen atoms in total. The van der Waals surface area contributed by atoms with E-state index in [2.05, 4.69) is 12.1 Å². The Balaban J connectivity index is 0.000000218. The summed E-state index contributed by atoms with van der Waals surface area (Å²) in [4.78, 5) is 20.9. The Hall–Kier alpha value is -4.44. The molecule has 0 radical (unpaired) electrons. The highest BCUT2D eigenvalue weighted by Gasteiger charge is 2.36. The van der Waals surface area contributed by atoms with Gasteiger partial charge in [0, 0.05) is 5.56 Å². The maximum Gasteiger partial charge on any atom is 0.416 e. The average molecular weight is 562 g/mol. The Bertz CT molecular complexity index is 1320. The van der Waals surface area contributed by atoms with Gasteiger partial charge in [-0.2, -0.15) is 26.3 Å². The largest absolute Gasteiger partial charge is 0.478 e. The summed E-state index contributed by atoms with van der Waals surface area (Å²) >= 11 is 0. The summed E-state index contributed by atoms with van der Waals surface area (Å²) in [6.07, 6.45) is -8.91. The summed E-state index contributed by atoms with van der Waals surface area (Å²) in [5.41, 5.74) is 5.46. The Morgan fingerprint density at radius 2 is 1.15 bits per heavy atom. The molecule has 0 amide bonds. The van der Waals surface area contributed by atoms with E-state index in [1.807, 2.05) is 60.7 Å². The number of carboxylic acids is 1. The molecule has 4 aromatic carbocycles. The molecule has 0 aliphatic rings. The van der Waals surface area contributed by atoms with Gasteiger partial charge in [-0.25, -0.2) is 4.79 Å². The van der Waals surface area contributed by atoms with Crippen molar-refractivity contribution in [3.05, 3.63) is 131 Å². The standard InChI is InChI=1S/C13H10O2.C9H4F6O.C8H11N/c14-13(15)12-8-6-11(7-9-12)10-4-2-1-3-5-10;10-8(11,12)6-1-5(4-16)2-7(3-6)9(13,14)15;9-7-6-8-4-2-1-3-5-8/h1-9H,(H,14,15);1-4H;1-5H,6-7,9H2. The van der Waals surface area contributed by atoms with Crippen LogP contribution in [0.5, 0.6) is 0 Å². The molecule has 0 fully saturated rings. The predicted molar refractivity (Wildman–Crippen MR) is 140 cm³/mol. The van der Waals surface area contributed by atoms with Crippen LogP contribution in [0.25, 0.3) is 11.1 Å². The average Bonchev–Trinajstić information content (AvgIpc) is 2.94. The second kappa shape index (κ2) is 14.6. The third-order valence-corrected chi connectivity index (χ3v) is 5.26. The highest BCUT2D eigenvalue weighted by Crippen LogP contribution is 2.36. The number of hydrogen-bond donors (Lipinski definition) is 2. The van der Waals surface area contributed by atoms with Crippen LogP contribution in [0.15, 0.2) is 103 Å². The van der Waals surface area contributed by atoms with Crippen LogP contribution in [0.2, 0.25) is 0 Å². The number of benzene rings is 4. The number of halogens is 6. The van der Waals surface area contributed by atoms with Crippen molar-refractivity contribution in [1.82, 2.24) is 0 Å². The zero-order chi connectivity index (χ0) is 29.8. The molecule has 40 heavy (non-hydrogen) atoms. The number of aldehydes is 1. The lowest BCUT2D eigenvalue weighted by molar-refractivity contribution is -0.143. The van der Waals surface area contributed by atoms with Gasteiger partial charge in [-0.3, -0.25) is 4.79 Å².